The van der Waals surface area contributed by atoms with Crippen LogP contribution in [0, 0.1) is 5.92 Å². The van der Waals surface area contributed by atoms with E-state index in [9.17, 15) is 0 Å². The van der Waals surface area contributed by atoms with Gasteiger partial charge in [-0.3, -0.25) is 4.99 Å². The van der Waals surface area contributed by atoms with E-state index in [1.165, 1.54) is 28.1 Å². The summed E-state index contributed by atoms with van der Waals surface area (Å²) >= 11 is 0. The number of nitrogens with zero attached hydrogens (tertiary/aromatic N) is 2. The summed E-state index contributed by atoms with van der Waals surface area (Å²) in [4.78, 5) is 7.38. The second-order valence-electron chi connectivity index (χ2n) is 8.22. The number of hydrogen-bond donors (Lipinski definition) is 1. The topological polar surface area (TPSA) is 27.6 Å². The molecule has 0 amide bonds. The van der Waals surface area contributed by atoms with Crippen molar-refractivity contribution in [2.75, 3.05) is 19.0 Å². The molecule has 3 aliphatic rings. The fourth-order valence-electron chi connectivity index (χ4n) is 4.77. The number of aliphatic imine (C=N–C) groups is 1. The van der Waals surface area contributed by atoms with Gasteiger partial charge in [0, 0.05) is 55.3 Å². The fraction of sp³-hybridized carbons (Fsp3) is 0.320. The largest absolute Gasteiger partial charge is 0.378 e. The third-order valence-electron chi connectivity index (χ3n) is 6.01. The van der Waals surface area contributed by atoms with Crippen LogP contribution in [0.3, 0.4) is 0 Å². The molecule has 2 aliphatic carbocycles. The minimum absolute atomic E-state index is 0.323. The molecule has 0 saturated heterocycles. The second-order valence-corrected chi connectivity index (χ2v) is 8.22. The zero-order valence-electron chi connectivity index (χ0n) is 17.3. The van der Waals surface area contributed by atoms with Crippen LogP contribution >= 0.6 is 0 Å². The highest BCUT2D eigenvalue weighted by Crippen LogP contribution is 2.52. The molecule has 0 saturated carbocycles. The molecular weight excluding hydrogens is 342 g/mol. The number of anilines is 1. The number of dihydropyridines is 1. The summed E-state index contributed by atoms with van der Waals surface area (Å²) in [6, 6.07) is 8.57. The molecule has 28 heavy (non-hydrogen) atoms. The molecule has 0 fully saturated rings. The predicted molar refractivity (Wildman–Crippen MR) is 120 cm³/mol. The summed E-state index contributed by atoms with van der Waals surface area (Å²) in [6.45, 7) is 8.47. The fourth-order valence-corrected chi connectivity index (χ4v) is 4.77. The third kappa shape index (κ3) is 3.05. The van der Waals surface area contributed by atoms with E-state index in [2.05, 4.69) is 93.3 Å². The molecule has 3 nitrogen and oxygen atoms in total. The minimum atomic E-state index is -0.323. The number of rotatable bonds is 3. The van der Waals surface area contributed by atoms with Crippen molar-refractivity contribution >= 4 is 11.9 Å². The predicted octanol–water partition coefficient (Wildman–Crippen LogP) is 5.15. The van der Waals surface area contributed by atoms with Crippen molar-refractivity contribution < 1.29 is 0 Å². The van der Waals surface area contributed by atoms with Gasteiger partial charge in [0.05, 0.1) is 0 Å². The lowest BCUT2D eigenvalue weighted by Crippen LogP contribution is -2.44. The van der Waals surface area contributed by atoms with Crippen molar-refractivity contribution in [3.05, 3.63) is 88.8 Å². The number of fused-ring (bicyclic) bond motifs is 3. The van der Waals surface area contributed by atoms with Gasteiger partial charge in [0.1, 0.15) is 5.54 Å². The van der Waals surface area contributed by atoms with Crippen LogP contribution < -0.4 is 10.2 Å². The van der Waals surface area contributed by atoms with Gasteiger partial charge in [-0.05, 0) is 49.6 Å². The molecule has 1 heterocycles. The highest BCUT2D eigenvalue weighted by molar-refractivity contribution is 5.82. The molecule has 1 aromatic rings. The molecule has 1 aromatic carbocycles. The second kappa shape index (κ2) is 6.97. The van der Waals surface area contributed by atoms with Crippen molar-refractivity contribution in [1.29, 1.82) is 0 Å². The van der Waals surface area contributed by atoms with E-state index < -0.39 is 0 Å². The summed E-state index contributed by atoms with van der Waals surface area (Å²) in [6.07, 6.45) is 13.0. The van der Waals surface area contributed by atoms with E-state index >= 15 is 0 Å². The van der Waals surface area contributed by atoms with Gasteiger partial charge in [0.2, 0.25) is 0 Å². The summed E-state index contributed by atoms with van der Waals surface area (Å²) in [5, 5.41) is 3.51. The monoisotopic (exact) mass is 371 g/mol. The van der Waals surface area contributed by atoms with Gasteiger partial charge in [-0.15, -0.1) is 0 Å². The molecule has 2 unspecified atom stereocenters. The molecule has 0 radical (unpaired) electrons. The Labute approximate surface area is 168 Å². The number of nitrogens with one attached hydrogen (secondary N) is 1. The van der Waals surface area contributed by atoms with Crippen LogP contribution in [0.15, 0.2) is 88.3 Å². The van der Waals surface area contributed by atoms with Gasteiger partial charge in [-0.2, -0.15) is 0 Å². The molecular formula is C25H29N3. The van der Waals surface area contributed by atoms with E-state index in [0.717, 1.165) is 24.1 Å². The molecule has 4 rings (SSSR count). The Kier molecular flexibility index (Phi) is 4.62. The van der Waals surface area contributed by atoms with Crippen LogP contribution in [0.2, 0.25) is 0 Å². The molecule has 1 aliphatic heterocycles. The lowest BCUT2D eigenvalue weighted by molar-refractivity contribution is 0.453. The van der Waals surface area contributed by atoms with Crippen molar-refractivity contribution in [2.24, 2.45) is 10.9 Å². The summed E-state index contributed by atoms with van der Waals surface area (Å²) in [5.74, 6) is 0.401. The van der Waals surface area contributed by atoms with Crippen LogP contribution in [0.25, 0.3) is 0 Å². The highest BCUT2D eigenvalue weighted by Gasteiger charge is 2.47. The first-order valence-electron chi connectivity index (χ1n) is 9.97. The molecule has 0 aromatic heterocycles. The zero-order chi connectivity index (χ0) is 19.9. The third-order valence-corrected chi connectivity index (χ3v) is 6.01. The molecule has 0 spiro atoms. The maximum Gasteiger partial charge on any atom is 0.113 e. The van der Waals surface area contributed by atoms with Crippen LogP contribution in [0.1, 0.15) is 32.3 Å². The Morgan fingerprint density at radius 2 is 1.96 bits per heavy atom. The quantitative estimate of drug-likeness (QED) is 0.587. The summed E-state index contributed by atoms with van der Waals surface area (Å²) < 4.78 is 0. The molecule has 3 heteroatoms. The SMILES string of the molecule is C=C1C=CC2=C(CC3C=C(C)CC2(N=Cc2ccc(N(C)C)cc2)/C3=C/C)N1. The van der Waals surface area contributed by atoms with E-state index in [-0.39, 0.29) is 5.54 Å². The van der Waals surface area contributed by atoms with Crippen molar-refractivity contribution in [3.8, 4) is 0 Å². The van der Waals surface area contributed by atoms with Crippen molar-refractivity contribution in [3.63, 3.8) is 0 Å². The molecule has 144 valence electrons. The Bertz CT molecular complexity index is 954. The first kappa shape index (κ1) is 18.5. The summed E-state index contributed by atoms with van der Waals surface area (Å²) in [7, 11) is 4.12. The highest BCUT2D eigenvalue weighted by atomic mass is 15.1. The lowest BCUT2D eigenvalue weighted by atomic mass is 9.62. The van der Waals surface area contributed by atoms with Crippen LogP contribution in [0.5, 0.6) is 0 Å². The van der Waals surface area contributed by atoms with Crippen LogP contribution in [-0.4, -0.2) is 25.8 Å². The van der Waals surface area contributed by atoms with Crippen molar-refractivity contribution in [2.45, 2.75) is 32.2 Å². The van der Waals surface area contributed by atoms with Crippen molar-refractivity contribution in [1.82, 2.24) is 5.32 Å². The first-order chi connectivity index (χ1) is 13.4. The van der Waals surface area contributed by atoms with E-state index in [0.29, 0.717) is 5.92 Å². The number of hydrogen-bond acceptors (Lipinski definition) is 3. The Morgan fingerprint density at radius 1 is 1.21 bits per heavy atom. The van der Waals surface area contributed by atoms with Crippen LogP contribution in [-0.2, 0) is 0 Å². The lowest BCUT2D eigenvalue weighted by Gasteiger charge is -2.47. The van der Waals surface area contributed by atoms with Gasteiger partial charge in [-0.1, -0.05) is 42.5 Å². The molecule has 2 atom stereocenters. The van der Waals surface area contributed by atoms with Crippen LogP contribution in [0.4, 0.5) is 5.69 Å². The Hall–Kier alpha value is -2.81. The minimum Gasteiger partial charge on any atom is -0.378 e. The van der Waals surface area contributed by atoms with Gasteiger partial charge < -0.3 is 10.2 Å². The summed E-state index contributed by atoms with van der Waals surface area (Å²) in [5.41, 5.74) is 8.35. The molecule has 1 N–H and O–H groups in total. The van der Waals surface area contributed by atoms with E-state index in [4.69, 9.17) is 4.99 Å². The van der Waals surface area contributed by atoms with E-state index in [1.54, 1.807) is 0 Å². The Morgan fingerprint density at radius 3 is 2.64 bits per heavy atom. The number of benzene rings is 1. The average Bonchev–Trinajstić information content (AvgIpc) is 2.66. The van der Waals surface area contributed by atoms with Gasteiger partial charge in [0.25, 0.3) is 0 Å². The molecule has 2 bridgehead atoms. The zero-order valence-corrected chi connectivity index (χ0v) is 17.3. The standard InChI is InChI=1S/C25H29N3/c1-6-22-20-13-17(2)15-25(22,23-12-7-18(3)27-24(23)14-20)26-16-19-8-10-21(11-9-19)28(4)5/h6-13,16,20,27H,3,14-15H2,1-2,4-5H3/b22-6+,26-16?. The normalized spacial score (nSPS) is 27.7. The maximum atomic E-state index is 5.27. The van der Waals surface area contributed by atoms with E-state index in [1.807, 2.05) is 6.21 Å². The van der Waals surface area contributed by atoms with Gasteiger partial charge in [-0.25, -0.2) is 0 Å². The average molecular weight is 372 g/mol. The smallest absolute Gasteiger partial charge is 0.113 e. The van der Waals surface area contributed by atoms with Gasteiger partial charge >= 0.3 is 0 Å². The maximum absolute atomic E-state index is 5.27. The van der Waals surface area contributed by atoms with Gasteiger partial charge in [0.15, 0.2) is 0 Å². The first-order valence-corrected chi connectivity index (χ1v) is 9.97. The number of allylic oxidation sites excluding steroid dienone is 4. The Balaban J connectivity index is 1.79.